The van der Waals surface area contributed by atoms with Crippen molar-refractivity contribution in [3.8, 4) is 11.5 Å². The van der Waals surface area contributed by atoms with Crippen LogP contribution in [0.3, 0.4) is 0 Å². The summed E-state index contributed by atoms with van der Waals surface area (Å²) in [5.41, 5.74) is 3.99. The molecule has 0 fully saturated rings. The van der Waals surface area contributed by atoms with Crippen LogP contribution in [0.2, 0.25) is 5.02 Å². The zero-order valence-corrected chi connectivity index (χ0v) is 18.1. The number of carbonyl (C=O) groups excluding carboxylic acids is 1. The van der Waals surface area contributed by atoms with Gasteiger partial charge in [-0.2, -0.15) is 0 Å². The average Bonchev–Trinajstić information content (AvgIpc) is 3.24. The summed E-state index contributed by atoms with van der Waals surface area (Å²) in [5, 5.41) is 5.62. The van der Waals surface area contributed by atoms with Crippen LogP contribution in [-0.2, 0) is 12.0 Å². The molecule has 3 aromatic rings. The van der Waals surface area contributed by atoms with E-state index in [4.69, 9.17) is 21.1 Å². The molecule has 0 aliphatic heterocycles. The van der Waals surface area contributed by atoms with Crippen molar-refractivity contribution in [2.45, 2.75) is 25.9 Å². The van der Waals surface area contributed by atoms with Gasteiger partial charge in [0.2, 0.25) is 0 Å². The highest BCUT2D eigenvalue weighted by atomic mass is 35.5. The monoisotopic (exact) mass is 430 g/mol. The Hall–Kier alpha value is -2.57. The van der Waals surface area contributed by atoms with E-state index in [-0.39, 0.29) is 11.3 Å². The number of hydrogen-bond donors (Lipinski definition) is 1. The molecule has 0 radical (unpaired) electrons. The number of methoxy groups -OCH3 is 1. The van der Waals surface area contributed by atoms with Gasteiger partial charge in [0.05, 0.1) is 18.3 Å². The van der Waals surface area contributed by atoms with Gasteiger partial charge in [-0.05, 0) is 35.9 Å². The largest absolute Gasteiger partial charge is 0.493 e. The van der Waals surface area contributed by atoms with Gasteiger partial charge >= 0.3 is 0 Å². The lowest BCUT2D eigenvalue weighted by Crippen LogP contribution is -2.36. The van der Waals surface area contributed by atoms with Gasteiger partial charge in [0.25, 0.3) is 5.91 Å². The molecule has 1 aromatic heterocycles. The summed E-state index contributed by atoms with van der Waals surface area (Å²) in [4.78, 5) is 16.9. The first kappa shape index (κ1) is 21.1. The molecule has 1 heterocycles. The summed E-state index contributed by atoms with van der Waals surface area (Å²) in [6.07, 6.45) is 0. The molecule has 0 unspecified atom stereocenters. The van der Waals surface area contributed by atoms with E-state index in [1.165, 1.54) is 11.3 Å². The van der Waals surface area contributed by atoms with Crippen molar-refractivity contribution >= 4 is 28.8 Å². The molecule has 3 rings (SSSR count). The second-order valence-electron chi connectivity index (χ2n) is 7.21. The second kappa shape index (κ2) is 9.29. The van der Waals surface area contributed by atoms with Crippen molar-refractivity contribution < 1.29 is 14.3 Å². The lowest BCUT2D eigenvalue weighted by atomic mass is 9.84. The summed E-state index contributed by atoms with van der Waals surface area (Å²) < 4.78 is 11.2. The minimum Gasteiger partial charge on any atom is -0.493 e. The predicted molar refractivity (Wildman–Crippen MR) is 116 cm³/mol. The number of aromatic nitrogens is 1. The molecule has 0 spiro atoms. The van der Waals surface area contributed by atoms with Crippen LogP contribution in [0.5, 0.6) is 11.5 Å². The van der Waals surface area contributed by atoms with Gasteiger partial charge in [-0.1, -0.05) is 37.6 Å². The van der Waals surface area contributed by atoms with Crippen molar-refractivity contribution in [1.29, 1.82) is 0 Å². The molecule has 7 heteroatoms. The van der Waals surface area contributed by atoms with E-state index >= 15 is 0 Å². The summed E-state index contributed by atoms with van der Waals surface area (Å²) in [6, 6.07) is 12.8. The van der Waals surface area contributed by atoms with Crippen LogP contribution in [0.1, 0.15) is 35.5 Å². The molecule has 0 aliphatic carbocycles. The van der Waals surface area contributed by atoms with E-state index in [0.717, 1.165) is 11.3 Å². The Bertz CT molecular complexity index is 957. The van der Waals surface area contributed by atoms with E-state index in [2.05, 4.69) is 24.1 Å². The van der Waals surface area contributed by atoms with Crippen molar-refractivity contribution in [3.63, 3.8) is 0 Å². The maximum absolute atomic E-state index is 12.7. The number of carbonyl (C=O) groups is 1. The number of nitrogens with one attached hydrogen (secondary N) is 1. The molecular weight excluding hydrogens is 408 g/mol. The molecule has 0 saturated heterocycles. The SMILES string of the molecule is COc1cc(C(=O)NCC(C)(C)c2ccc(Cl)cc2)ccc1OCc1cscn1. The number of benzene rings is 2. The fraction of sp³-hybridized carbons (Fsp3) is 0.273. The summed E-state index contributed by atoms with van der Waals surface area (Å²) in [5.74, 6) is 0.903. The van der Waals surface area contributed by atoms with Crippen LogP contribution in [0.15, 0.2) is 53.4 Å². The van der Waals surface area contributed by atoms with Crippen molar-refractivity contribution in [2.75, 3.05) is 13.7 Å². The maximum atomic E-state index is 12.7. The lowest BCUT2D eigenvalue weighted by molar-refractivity contribution is 0.0945. The van der Waals surface area contributed by atoms with Gasteiger partial charge in [0, 0.05) is 27.9 Å². The molecular formula is C22H23ClN2O3S. The quantitative estimate of drug-likeness (QED) is 0.540. The minimum absolute atomic E-state index is 0.170. The fourth-order valence-corrected chi connectivity index (χ4v) is 3.46. The zero-order chi connectivity index (χ0) is 20.9. The highest BCUT2D eigenvalue weighted by molar-refractivity contribution is 7.07. The molecule has 29 heavy (non-hydrogen) atoms. The van der Waals surface area contributed by atoms with Gasteiger partial charge in [0.1, 0.15) is 6.61 Å². The van der Waals surface area contributed by atoms with E-state index in [9.17, 15) is 4.79 Å². The lowest BCUT2D eigenvalue weighted by Gasteiger charge is -2.26. The smallest absolute Gasteiger partial charge is 0.251 e. The van der Waals surface area contributed by atoms with E-state index < -0.39 is 0 Å². The van der Waals surface area contributed by atoms with Gasteiger partial charge in [0.15, 0.2) is 11.5 Å². The van der Waals surface area contributed by atoms with E-state index in [0.29, 0.717) is 35.2 Å². The highest BCUT2D eigenvalue weighted by Gasteiger charge is 2.22. The van der Waals surface area contributed by atoms with Crippen LogP contribution in [0.4, 0.5) is 0 Å². The van der Waals surface area contributed by atoms with Crippen LogP contribution in [0.25, 0.3) is 0 Å². The second-order valence-corrected chi connectivity index (χ2v) is 8.36. The number of rotatable bonds is 8. The van der Waals surface area contributed by atoms with Crippen molar-refractivity contribution in [2.24, 2.45) is 0 Å². The molecule has 2 aromatic carbocycles. The van der Waals surface area contributed by atoms with Crippen LogP contribution < -0.4 is 14.8 Å². The average molecular weight is 431 g/mol. The standard InChI is InChI=1S/C22H23ClN2O3S/c1-22(2,16-5-7-17(23)8-6-16)13-24-21(26)15-4-9-19(20(10-15)27-3)28-11-18-12-29-14-25-18/h4-10,12,14H,11,13H2,1-3H3,(H,24,26). The molecule has 1 N–H and O–H groups in total. The van der Waals surface area contributed by atoms with Gasteiger partial charge in [-0.3, -0.25) is 4.79 Å². The van der Waals surface area contributed by atoms with E-state index in [1.54, 1.807) is 30.8 Å². The third-order valence-corrected chi connectivity index (χ3v) is 5.49. The topological polar surface area (TPSA) is 60.5 Å². The Balaban J connectivity index is 1.64. The Labute approximate surface area is 179 Å². The normalized spacial score (nSPS) is 11.2. The fourth-order valence-electron chi connectivity index (χ4n) is 2.80. The molecule has 0 aliphatic rings. The number of amides is 1. The third-order valence-electron chi connectivity index (χ3n) is 4.60. The first-order valence-corrected chi connectivity index (χ1v) is 10.4. The maximum Gasteiger partial charge on any atom is 0.251 e. The zero-order valence-electron chi connectivity index (χ0n) is 16.6. The molecule has 0 saturated carbocycles. The molecule has 1 amide bonds. The Morgan fingerprint density at radius 3 is 2.59 bits per heavy atom. The number of halogens is 1. The number of nitrogens with zero attached hydrogens (tertiary/aromatic N) is 1. The van der Waals surface area contributed by atoms with Crippen LogP contribution in [-0.4, -0.2) is 24.5 Å². The molecule has 0 bridgehead atoms. The van der Waals surface area contributed by atoms with E-state index in [1.807, 2.05) is 29.6 Å². The number of ether oxygens (including phenoxy) is 2. The van der Waals surface area contributed by atoms with Crippen molar-refractivity contribution in [1.82, 2.24) is 10.3 Å². The third kappa shape index (κ3) is 5.49. The minimum atomic E-state index is -0.235. The Kier molecular flexibility index (Phi) is 6.77. The molecule has 0 atom stereocenters. The van der Waals surface area contributed by atoms with Crippen LogP contribution >= 0.6 is 22.9 Å². The summed E-state index contributed by atoms with van der Waals surface area (Å²) in [7, 11) is 1.55. The Morgan fingerprint density at radius 2 is 1.93 bits per heavy atom. The predicted octanol–water partition coefficient (Wildman–Crippen LogP) is 5.09. The summed E-state index contributed by atoms with van der Waals surface area (Å²) in [6.45, 7) is 4.98. The van der Waals surface area contributed by atoms with Crippen molar-refractivity contribution in [3.05, 3.63) is 75.2 Å². The summed E-state index contributed by atoms with van der Waals surface area (Å²) >= 11 is 7.48. The molecule has 152 valence electrons. The molecule has 5 nitrogen and oxygen atoms in total. The number of hydrogen-bond acceptors (Lipinski definition) is 5. The van der Waals surface area contributed by atoms with Gasteiger partial charge < -0.3 is 14.8 Å². The number of thiazole rings is 1. The van der Waals surface area contributed by atoms with Crippen LogP contribution in [0, 0.1) is 0 Å². The first-order chi connectivity index (χ1) is 13.9. The van der Waals surface area contributed by atoms with Gasteiger partial charge in [-0.15, -0.1) is 11.3 Å². The Morgan fingerprint density at radius 1 is 1.17 bits per heavy atom. The highest BCUT2D eigenvalue weighted by Crippen LogP contribution is 2.29. The first-order valence-electron chi connectivity index (χ1n) is 9.11. The van der Waals surface area contributed by atoms with Gasteiger partial charge in [-0.25, -0.2) is 4.98 Å².